The van der Waals surface area contributed by atoms with E-state index in [2.05, 4.69) is 9.37 Å². The molecule has 0 aliphatic heterocycles. The van der Waals surface area contributed by atoms with E-state index in [-0.39, 0.29) is 67.3 Å². The predicted molar refractivity (Wildman–Crippen MR) is 133 cm³/mol. The first-order chi connectivity index (χ1) is 22.9. The second-order valence-corrected chi connectivity index (χ2v) is 11.4. The number of rotatable bonds is 25. The average molecular weight is 839 g/mol. The van der Waals surface area contributed by atoms with Crippen molar-refractivity contribution in [2.75, 3.05) is 19.0 Å². The maximum Gasteiger partial charge on any atom is 1.00 e. The van der Waals surface area contributed by atoms with Gasteiger partial charge in [-0.05, 0) is 25.7 Å². The van der Waals surface area contributed by atoms with Gasteiger partial charge < -0.3 is 14.7 Å². The molecule has 0 saturated carbocycles. The number of hydrogen-bond acceptors (Lipinski definition) is 8. The van der Waals surface area contributed by atoms with Gasteiger partial charge in [-0.1, -0.05) is 25.7 Å². The second kappa shape index (κ2) is 21.3. The van der Waals surface area contributed by atoms with E-state index in [1.54, 1.807) is 0 Å². The van der Waals surface area contributed by atoms with Gasteiger partial charge in [0.15, 0.2) is 0 Å². The van der Waals surface area contributed by atoms with Crippen LogP contribution in [0.5, 0.6) is 0 Å². The van der Waals surface area contributed by atoms with Crippen LogP contribution in [0.1, 0.15) is 70.6 Å². The van der Waals surface area contributed by atoms with E-state index in [4.69, 9.17) is 9.47 Å². The van der Waals surface area contributed by atoms with E-state index >= 15 is 0 Å². The number of esters is 2. The van der Waals surface area contributed by atoms with Gasteiger partial charge in [-0.2, -0.15) is 83.4 Å². The number of ether oxygens (including phenoxy) is 2. The first kappa shape index (κ1) is 53.0. The molecule has 0 amide bonds. The number of carbonyl (C=O) groups excluding carboxylic acids is 2. The number of unbranched alkanes of at least 4 members (excludes halogenated alkanes) is 6. The fraction of sp³-hybridized carbons (Fsp3) is 0.920. The van der Waals surface area contributed by atoms with Crippen molar-refractivity contribution < 1.29 is 142 Å². The molecule has 52 heavy (non-hydrogen) atoms. The van der Waals surface area contributed by atoms with Gasteiger partial charge in [-0.25, -0.2) is 0 Å². The monoisotopic (exact) mass is 838 g/mol. The molecule has 0 saturated heterocycles. The van der Waals surface area contributed by atoms with Crippen LogP contribution >= 0.6 is 12.0 Å². The molecule has 0 bridgehead atoms. The van der Waals surface area contributed by atoms with Crippen LogP contribution in [0.4, 0.5) is 79.0 Å². The summed E-state index contributed by atoms with van der Waals surface area (Å²) in [5.74, 6) is -43.2. The van der Waals surface area contributed by atoms with Gasteiger partial charge in [-0.15, -0.1) is 0 Å². The summed E-state index contributed by atoms with van der Waals surface area (Å²) < 4.78 is 245. The maximum absolute atomic E-state index is 13.5. The molecule has 0 aromatic rings. The van der Waals surface area contributed by atoms with Crippen LogP contribution in [0.3, 0.4) is 0 Å². The molecular formula is C25H29F18NaO7S. The van der Waals surface area contributed by atoms with Crippen molar-refractivity contribution >= 4 is 24.0 Å². The van der Waals surface area contributed by atoms with Crippen LogP contribution < -0.4 is 34.8 Å². The standard InChI is InChI=1S/C25H30F18O7S.Na/c26-18(27,20(30,31)22(34,35)24(38,39)40)9-5-1-3-7-11-47-16(44)13-15(14-51-50-49-46)17(45)48-12-8-4-2-6-10-19(28,29)21(32,33)23(36,37)25(41,42)43;/h15,46H,1-14H2;/q;+1/p-1. The normalized spacial score (nSPS) is 14.5. The molecule has 0 radical (unpaired) electrons. The Balaban J connectivity index is 0. The number of alkyl halides is 18. The van der Waals surface area contributed by atoms with Crippen molar-refractivity contribution in [1.29, 1.82) is 0 Å². The van der Waals surface area contributed by atoms with Crippen LogP contribution in [-0.4, -0.2) is 78.8 Å². The Labute approximate surface area is 309 Å². The quantitative estimate of drug-likeness (QED) is 0.0217. The van der Waals surface area contributed by atoms with E-state index < -0.39 is 130 Å². The minimum Gasteiger partial charge on any atom is -0.691 e. The van der Waals surface area contributed by atoms with E-state index in [1.165, 1.54) is 0 Å². The Hall–Kier alpha value is -1.09. The minimum absolute atomic E-state index is 0. The van der Waals surface area contributed by atoms with Gasteiger partial charge in [0.1, 0.15) is 0 Å². The molecule has 0 rings (SSSR count). The Morgan fingerprint density at radius 1 is 0.538 bits per heavy atom. The third-order valence-corrected chi connectivity index (χ3v) is 7.48. The van der Waals surface area contributed by atoms with Crippen LogP contribution in [0.15, 0.2) is 0 Å². The van der Waals surface area contributed by atoms with E-state index in [0.717, 1.165) is 0 Å². The van der Waals surface area contributed by atoms with Gasteiger partial charge in [-0.3, -0.25) is 14.6 Å². The molecular weight excluding hydrogens is 809 g/mol. The van der Waals surface area contributed by atoms with Crippen molar-refractivity contribution in [3.8, 4) is 0 Å². The molecule has 0 fully saturated rings. The Morgan fingerprint density at radius 3 is 1.27 bits per heavy atom. The van der Waals surface area contributed by atoms with Crippen LogP contribution in [0, 0.1) is 5.92 Å². The van der Waals surface area contributed by atoms with Crippen molar-refractivity contribution in [2.24, 2.45) is 5.92 Å². The molecule has 304 valence electrons. The fourth-order valence-corrected chi connectivity index (χ4v) is 4.32. The minimum atomic E-state index is -7.02. The SMILES string of the molecule is O=C(CC(CSOO[O-])C(=O)OCCCCCCC(F)(F)C(F)(F)C(F)(F)C(F)(F)F)OCCCCCCC(F)(F)C(F)(F)C(F)(F)C(F)(F)F.[Na+]. The summed E-state index contributed by atoms with van der Waals surface area (Å²) in [5.41, 5.74) is 0. The second-order valence-electron chi connectivity index (χ2n) is 10.7. The average Bonchev–Trinajstić information content (AvgIpc) is 2.97. The van der Waals surface area contributed by atoms with E-state index in [1.807, 2.05) is 0 Å². The molecule has 0 aliphatic rings. The first-order valence-electron chi connectivity index (χ1n) is 14.3. The Bertz CT molecular complexity index is 1080. The summed E-state index contributed by atoms with van der Waals surface area (Å²) in [6, 6.07) is 0. The number of halogens is 18. The van der Waals surface area contributed by atoms with Gasteiger partial charge in [0, 0.05) is 30.6 Å². The van der Waals surface area contributed by atoms with E-state index in [0.29, 0.717) is 0 Å². The zero-order chi connectivity index (χ0) is 40.2. The summed E-state index contributed by atoms with van der Waals surface area (Å²) in [5, 5.41) is 13.0. The summed E-state index contributed by atoms with van der Waals surface area (Å²) in [7, 11) is 0. The summed E-state index contributed by atoms with van der Waals surface area (Å²) in [6.45, 7) is -0.989. The summed E-state index contributed by atoms with van der Waals surface area (Å²) >= 11 is 0.210. The zero-order valence-electron chi connectivity index (χ0n) is 26.5. The molecule has 1 atom stereocenters. The molecule has 0 aliphatic carbocycles. The van der Waals surface area contributed by atoms with E-state index in [9.17, 15) is 93.9 Å². The van der Waals surface area contributed by atoms with Crippen molar-refractivity contribution in [3.63, 3.8) is 0 Å². The maximum atomic E-state index is 13.5. The van der Waals surface area contributed by atoms with Gasteiger partial charge in [0.25, 0.3) is 0 Å². The molecule has 0 N–H and O–H groups in total. The Morgan fingerprint density at radius 2 is 0.904 bits per heavy atom. The molecule has 0 aromatic heterocycles. The molecule has 0 aromatic carbocycles. The topological polar surface area (TPSA) is 94.1 Å². The van der Waals surface area contributed by atoms with Gasteiger partial charge in [0.05, 0.1) is 25.6 Å². The predicted octanol–water partition coefficient (Wildman–Crippen LogP) is 5.79. The Kier molecular flexibility index (Phi) is 21.7. The summed E-state index contributed by atoms with van der Waals surface area (Å²) in [4.78, 5) is 24.4. The third kappa shape index (κ3) is 14.5. The molecule has 7 nitrogen and oxygen atoms in total. The molecule has 0 heterocycles. The van der Waals surface area contributed by atoms with Gasteiger partial charge >= 0.3 is 89.4 Å². The van der Waals surface area contributed by atoms with Crippen molar-refractivity contribution in [3.05, 3.63) is 0 Å². The fourth-order valence-electron chi connectivity index (χ4n) is 3.81. The largest absolute Gasteiger partial charge is 1.00 e. The number of hydrogen-bond donors (Lipinski definition) is 0. The van der Waals surface area contributed by atoms with Crippen molar-refractivity contribution in [1.82, 2.24) is 0 Å². The molecule has 27 heteroatoms. The third-order valence-electron chi connectivity index (χ3n) is 6.79. The van der Waals surface area contributed by atoms with Crippen molar-refractivity contribution in [2.45, 2.75) is 119 Å². The summed E-state index contributed by atoms with van der Waals surface area (Å²) in [6.07, 6.45) is -22.1. The number of carbonyl (C=O) groups is 2. The molecule has 0 spiro atoms. The van der Waals surface area contributed by atoms with Crippen LogP contribution in [0.25, 0.3) is 0 Å². The first-order valence-corrected chi connectivity index (χ1v) is 15.2. The van der Waals surface area contributed by atoms with Crippen LogP contribution in [0.2, 0.25) is 0 Å². The molecule has 1 unspecified atom stereocenters. The van der Waals surface area contributed by atoms with Crippen LogP contribution in [-0.2, 0) is 28.4 Å². The smallest absolute Gasteiger partial charge is 0.691 e. The van der Waals surface area contributed by atoms with Gasteiger partial charge in [0.2, 0.25) is 0 Å². The zero-order valence-corrected chi connectivity index (χ0v) is 29.4.